The Morgan fingerprint density at radius 2 is 2.40 bits per heavy atom. The molecule has 2 aromatic rings. The summed E-state index contributed by atoms with van der Waals surface area (Å²) in [5, 5.41) is 3.39. The number of imidazole rings is 1. The van der Waals surface area contributed by atoms with Crippen LogP contribution in [0.25, 0.3) is 5.52 Å². The van der Waals surface area contributed by atoms with E-state index in [0.29, 0.717) is 5.92 Å². The Labute approximate surface area is 89.1 Å². The fourth-order valence-corrected chi connectivity index (χ4v) is 2.33. The van der Waals surface area contributed by atoms with Crippen molar-refractivity contribution in [1.82, 2.24) is 14.7 Å². The molecule has 0 saturated carbocycles. The topological polar surface area (TPSA) is 29.3 Å². The Morgan fingerprint density at radius 3 is 3.20 bits per heavy atom. The lowest BCUT2D eigenvalue weighted by Crippen LogP contribution is -2.08. The van der Waals surface area contributed by atoms with Gasteiger partial charge in [0.15, 0.2) is 0 Å². The maximum absolute atomic E-state index is 4.54. The van der Waals surface area contributed by atoms with Gasteiger partial charge in [0.25, 0.3) is 0 Å². The van der Waals surface area contributed by atoms with E-state index >= 15 is 0 Å². The maximum Gasteiger partial charge on any atom is 0.0995 e. The van der Waals surface area contributed by atoms with Crippen molar-refractivity contribution >= 4 is 5.52 Å². The monoisotopic (exact) mass is 201 g/mol. The molecule has 3 heterocycles. The first-order valence-electron chi connectivity index (χ1n) is 5.48. The van der Waals surface area contributed by atoms with Gasteiger partial charge in [-0.15, -0.1) is 0 Å². The molecule has 0 aromatic carbocycles. The summed E-state index contributed by atoms with van der Waals surface area (Å²) in [5.41, 5.74) is 3.78. The zero-order valence-corrected chi connectivity index (χ0v) is 8.90. The van der Waals surface area contributed by atoms with Crippen molar-refractivity contribution in [3.63, 3.8) is 0 Å². The zero-order chi connectivity index (χ0) is 10.3. The van der Waals surface area contributed by atoms with E-state index in [0.717, 1.165) is 13.1 Å². The van der Waals surface area contributed by atoms with E-state index in [1.165, 1.54) is 23.2 Å². The number of hydrogen-bond acceptors (Lipinski definition) is 2. The second-order valence-electron chi connectivity index (χ2n) is 4.32. The Bertz CT molecular complexity index is 481. The van der Waals surface area contributed by atoms with Gasteiger partial charge in [-0.3, -0.25) is 0 Å². The highest BCUT2D eigenvalue weighted by Gasteiger charge is 2.20. The van der Waals surface area contributed by atoms with Crippen molar-refractivity contribution in [2.45, 2.75) is 19.3 Å². The lowest BCUT2D eigenvalue weighted by atomic mass is 10.0. The largest absolute Gasteiger partial charge is 0.316 e. The number of aromatic nitrogens is 2. The van der Waals surface area contributed by atoms with E-state index in [4.69, 9.17) is 0 Å². The van der Waals surface area contributed by atoms with Crippen LogP contribution in [0.3, 0.4) is 0 Å². The van der Waals surface area contributed by atoms with Crippen LogP contribution >= 0.6 is 0 Å². The van der Waals surface area contributed by atoms with Gasteiger partial charge in [0, 0.05) is 18.7 Å². The van der Waals surface area contributed by atoms with Crippen LogP contribution in [0.4, 0.5) is 0 Å². The molecule has 3 rings (SSSR count). The maximum atomic E-state index is 4.54. The molecule has 0 amide bonds. The minimum atomic E-state index is 0.595. The van der Waals surface area contributed by atoms with Crippen LogP contribution in [0.5, 0.6) is 0 Å². The van der Waals surface area contributed by atoms with Crippen molar-refractivity contribution in [3.8, 4) is 0 Å². The molecule has 0 spiro atoms. The Morgan fingerprint density at radius 1 is 1.47 bits per heavy atom. The molecule has 0 bridgehead atoms. The molecule has 1 fully saturated rings. The fraction of sp³-hybridized carbons (Fsp3) is 0.417. The molecule has 1 aliphatic heterocycles. The molecule has 3 nitrogen and oxygen atoms in total. The Hall–Kier alpha value is -1.35. The second-order valence-corrected chi connectivity index (χ2v) is 4.32. The summed E-state index contributed by atoms with van der Waals surface area (Å²) in [4.78, 5) is 4.54. The third-order valence-electron chi connectivity index (χ3n) is 3.16. The molecule has 78 valence electrons. The minimum absolute atomic E-state index is 0.595. The lowest BCUT2D eigenvalue weighted by Gasteiger charge is -2.05. The number of pyridine rings is 1. The summed E-state index contributed by atoms with van der Waals surface area (Å²) in [6.07, 6.45) is 5.27. The number of hydrogen-bond donors (Lipinski definition) is 1. The molecule has 1 atom stereocenters. The molecule has 1 aliphatic rings. The van der Waals surface area contributed by atoms with Crippen LogP contribution in [0.2, 0.25) is 0 Å². The summed E-state index contributed by atoms with van der Waals surface area (Å²) >= 11 is 0. The highest BCUT2D eigenvalue weighted by Crippen LogP contribution is 2.25. The van der Waals surface area contributed by atoms with Crippen molar-refractivity contribution in [3.05, 3.63) is 35.9 Å². The zero-order valence-electron chi connectivity index (χ0n) is 8.90. The van der Waals surface area contributed by atoms with Gasteiger partial charge in [0.2, 0.25) is 0 Å². The van der Waals surface area contributed by atoms with Crippen molar-refractivity contribution < 1.29 is 0 Å². The second kappa shape index (κ2) is 3.35. The number of nitrogens with one attached hydrogen (secondary N) is 1. The first-order valence-corrected chi connectivity index (χ1v) is 5.48. The number of aryl methyl sites for hydroxylation is 1. The van der Waals surface area contributed by atoms with Crippen LogP contribution in [0.1, 0.15) is 23.6 Å². The Kier molecular flexibility index (Phi) is 1.99. The first-order chi connectivity index (χ1) is 7.34. The molecule has 0 radical (unpaired) electrons. The van der Waals surface area contributed by atoms with E-state index in [9.17, 15) is 0 Å². The predicted octanol–water partition coefficient (Wildman–Crippen LogP) is 1.72. The molecule has 15 heavy (non-hydrogen) atoms. The molecule has 1 unspecified atom stereocenters. The van der Waals surface area contributed by atoms with Gasteiger partial charge in [0.05, 0.1) is 17.5 Å². The number of rotatable bonds is 1. The van der Waals surface area contributed by atoms with Crippen LogP contribution in [0, 0.1) is 6.92 Å². The molecular weight excluding hydrogens is 186 g/mol. The molecule has 1 N–H and O–H groups in total. The SMILES string of the molecule is Cc1ccc2c(C3CCNC3)ncn2c1. The molecule has 0 aliphatic carbocycles. The van der Waals surface area contributed by atoms with Crippen LogP contribution in [-0.2, 0) is 0 Å². The van der Waals surface area contributed by atoms with Crippen molar-refractivity contribution in [2.24, 2.45) is 0 Å². The third kappa shape index (κ3) is 1.43. The van der Waals surface area contributed by atoms with Crippen molar-refractivity contribution in [2.75, 3.05) is 13.1 Å². The van der Waals surface area contributed by atoms with Gasteiger partial charge >= 0.3 is 0 Å². The van der Waals surface area contributed by atoms with Gasteiger partial charge in [-0.25, -0.2) is 4.98 Å². The Balaban J connectivity index is 2.11. The molecular formula is C12H15N3. The minimum Gasteiger partial charge on any atom is -0.316 e. The van der Waals surface area contributed by atoms with Gasteiger partial charge in [-0.1, -0.05) is 6.07 Å². The summed E-state index contributed by atoms with van der Waals surface area (Å²) in [6, 6.07) is 4.33. The predicted molar refractivity (Wildman–Crippen MR) is 60.2 cm³/mol. The summed E-state index contributed by atoms with van der Waals surface area (Å²) in [5.74, 6) is 0.595. The average Bonchev–Trinajstić information content (AvgIpc) is 2.82. The highest BCUT2D eigenvalue weighted by molar-refractivity contribution is 5.54. The fourth-order valence-electron chi connectivity index (χ4n) is 2.33. The molecule has 3 heteroatoms. The lowest BCUT2D eigenvalue weighted by molar-refractivity contribution is 0.747. The van der Waals surface area contributed by atoms with Gasteiger partial charge in [0.1, 0.15) is 0 Å². The van der Waals surface area contributed by atoms with E-state index in [2.05, 4.69) is 40.0 Å². The quantitative estimate of drug-likeness (QED) is 0.761. The van der Waals surface area contributed by atoms with Gasteiger partial charge in [-0.05, 0) is 31.5 Å². The van der Waals surface area contributed by atoms with E-state index in [1.54, 1.807) is 0 Å². The smallest absolute Gasteiger partial charge is 0.0995 e. The summed E-state index contributed by atoms with van der Waals surface area (Å²) in [6.45, 7) is 4.30. The van der Waals surface area contributed by atoms with Crippen molar-refractivity contribution in [1.29, 1.82) is 0 Å². The summed E-state index contributed by atoms with van der Waals surface area (Å²) in [7, 11) is 0. The van der Waals surface area contributed by atoms with E-state index < -0.39 is 0 Å². The highest BCUT2D eigenvalue weighted by atomic mass is 15.0. The van der Waals surface area contributed by atoms with E-state index in [1.807, 2.05) is 6.33 Å². The van der Waals surface area contributed by atoms with Gasteiger partial charge in [-0.2, -0.15) is 0 Å². The first kappa shape index (κ1) is 8.92. The normalized spacial score (nSPS) is 21.3. The van der Waals surface area contributed by atoms with Crippen LogP contribution < -0.4 is 5.32 Å². The third-order valence-corrected chi connectivity index (χ3v) is 3.16. The number of nitrogens with zero attached hydrogens (tertiary/aromatic N) is 2. The number of fused-ring (bicyclic) bond motifs is 1. The average molecular weight is 201 g/mol. The standard InChI is InChI=1S/C12H15N3/c1-9-2-3-11-12(10-4-5-13-6-10)14-8-15(11)7-9/h2-3,7-8,10,13H,4-6H2,1H3. The van der Waals surface area contributed by atoms with E-state index in [-0.39, 0.29) is 0 Å². The van der Waals surface area contributed by atoms with Crippen LogP contribution in [-0.4, -0.2) is 22.5 Å². The summed E-state index contributed by atoms with van der Waals surface area (Å²) < 4.78 is 2.13. The molecule has 1 saturated heterocycles. The van der Waals surface area contributed by atoms with Crippen LogP contribution in [0.15, 0.2) is 24.7 Å². The van der Waals surface area contributed by atoms with Gasteiger partial charge < -0.3 is 9.72 Å². The molecule has 2 aromatic heterocycles.